The van der Waals surface area contributed by atoms with E-state index in [2.05, 4.69) is 25.7 Å². The van der Waals surface area contributed by atoms with Crippen LogP contribution in [0.1, 0.15) is 30.8 Å². The molecular formula is C18H21N7O3. The molecule has 1 unspecified atom stereocenters. The van der Waals surface area contributed by atoms with E-state index < -0.39 is 17.9 Å². The van der Waals surface area contributed by atoms with E-state index in [9.17, 15) is 9.59 Å². The van der Waals surface area contributed by atoms with Crippen LogP contribution in [0.2, 0.25) is 0 Å². The van der Waals surface area contributed by atoms with E-state index in [1.807, 2.05) is 27.0 Å². The first-order valence-electron chi connectivity index (χ1n) is 8.75. The summed E-state index contributed by atoms with van der Waals surface area (Å²) < 4.78 is 3.22. The lowest BCUT2D eigenvalue weighted by Gasteiger charge is -2.20. The molecule has 28 heavy (non-hydrogen) atoms. The lowest BCUT2D eigenvalue weighted by Crippen LogP contribution is -2.40. The highest BCUT2D eigenvalue weighted by molar-refractivity contribution is 5.93. The van der Waals surface area contributed by atoms with Crippen LogP contribution in [-0.4, -0.2) is 52.8 Å². The number of carbonyl (C=O) groups excluding carboxylic acids is 1. The van der Waals surface area contributed by atoms with Crippen molar-refractivity contribution in [3.63, 3.8) is 0 Å². The van der Waals surface area contributed by atoms with Crippen molar-refractivity contribution in [2.45, 2.75) is 26.3 Å². The lowest BCUT2D eigenvalue weighted by atomic mass is 10.0. The molecule has 1 atom stereocenters. The number of nitrogens with one attached hydrogen (secondary N) is 1. The minimum absolute atomic E-state index is 0.0130. The summed E-state index contributed by atoms with van der Waals surface area (Å²) in [6, 6.07) is 4.63. The minimum atomic E-state index is -0.960. The fraction of sp³-hybridized carbons (Fsp3) is 0.333. The summed E-state index contributed by atoms with van der Waals surface area (Å²) in [4.78, 5) is 27.5. The first kappa shape index (κ1) is 19.2. The van der Waals surface area contributed by atoms with Crippen LogP contribution in [0.15, 0.2) is 36.8 Å². The second-order valence-electron chi connectivity index (χ2n) is 6.75. The second-order valence-corrected chi connectivity index (χ2v) is 6.75. The van der Waals surface area contributed by atoms with Crippen molar-refractivity contribution in [1.29, 1.82) is 0 Å². The zero-order valence-electron chi connectivity index (χ0n) is 15.8. The summed E-state index contributed by atoms with van der Waals surface area (Å²) in [5.74, 6) is -0.744. The molecule has 0 radical (unpaired) electrons. The van der Waals surface area contributed by atoms with Crippen molar-refractivity contribution in [3.05, 3.63) is 42.5 Å². The van der Waals surface area contributed by atoms with Crippen LogP contribution in [0, 0.1) is 5.92 Å². The Bertz CT molecular complexity index is 975. The Balaban J connectivity index is 1.72. The molecule has 146 valence electrons. The molecule has 0 spiro atoms. The zero-order valence-corrected chi connectivity index (χ0v) is 15.8. The molecule has 0 saturated heterocycles. The first-order chi connectivity index (χ1) is 13.3. The van der Waals surface area contributed by atoms with E-state index in [0.717, 1.165) is 0 Å². The predicted molar refractivity (Wildman–Crippen MR) is 99.7 cm³/mol. The lowest BCUT2D eigenvalue weighted by molar-refractivity contribution is -0.137. The molecule has 10 nitrogen and oxygen atoms in total. The number of hydrogen-bond acceptors (Lipinski definition) is 6. The van der Waals surface area contributed by atoms with Gasteiger partial charge in [-0.15, -0.1) is 5.10 Å². The molecule has 0 aromatic carbocycles. The maximum atomic E-state index is 12.4. The SMILES string of the molecule is CC(C)C(CC(=O)O)NC(=O)c1ccc(-c2cn(-c3ccn(C)n3)nn2)cn1. The molecule has 10 heteroatoms. The van der Waals surface area contributed by atoms with Crippen molar-refractivity contribution < 1.29 is 14.7 Å². The van der Waals surface area contributed by atoms with Crippen molar-refractivity contribution in [2.24, 2.45) is 13.0 Å². The van der Waals surface area contributed by atoms with Crippen molar-refractivity contribution in [3.8, 4) is 17.1 Å². The largest absolute Gasteiger partial charge is 0.481 e. The van der Waals surface area contributed by atoms with Gasteiger partial charge in [-0.3, -0.25) is 19.3 Å². The van der Waals surface area contributed by atoms with Crippen molar-refractivity contribution in [1.82, 2.24) is 35.1 Å². The predicted octanol–water partition coefficient (Wildman–Crippen LogP) is 1.29. The van der Waals surface area contributed by atoms with Gasteiger partial charge in [0, 0.05) is 37.1 Å². The van der Waals surface area contributed by atoms with Crippen LogP contribution < -0.4 is 5.32 Å². The molecule has 0 aliphatic carbocycles. The van der Waals surface area contributed by atoms with Crippen molar-refractivity contribution in [2.75, 3.05) is 0 Å². The maximum Gasteiger partial charge on any atom is 0.305 e. The van der Waals surface area contributed by atoms with Crippen LogP contribution in [-0.2, 0) is 11.8 Å². The monoisotopic (exact) mass is 383 g/mol. The molecular weight excluding hydrogens is 362 g/mol. The Kier molecular flexibility index (Phi) is 5.48. The highest BCUT2D eigenvalue weighted by atomic mass is 16.4. The fourth-order valence-electron chi connectivity index (χ4n) is 2.60. The van der Waals surface area contributed by atoms with Crippen LogP contribution in [0.4, 0.5) is 0 Å². The van der Waals surface area contributed by atoms with Crippen molar-refractivity contribution >= 4 is 11.9 Å². The summed E-state index contributed by atoms with van der Waals surface area (Å²) >= 11 is 0. The van der Waals surface area contributed by atoms with Gasteiger partial charge in [-0.05, 0) is 18.1 Å². The number of hydrogen-bond donors (Lipinski definition) is 2. The third-order valence-corrected chi connectivity index (χ3v) is 4.24. The molecule has 3 aromatic heterocycles. The second kappa shape index (κ2) is 7.99. The van der Waals surface area contributed by atoms with Gasteiger partial charge in [0.25, 0.3) is 5.91 Å². The maximum absolute atomic E-state index is 12.4. The van der Waals surface area contributed by atoms with Gasteiger partial charge in [0.1, 0.15) is 11.4 Å². The Hall–Kier alpha value is -3.56. The summed E-state index contributed by atoms with van der Waals surface area (Å²) in [6.07, 6.45) is 4.92. The van der Waals surface area contributed by atoms with Gasteiger partial charge in [0.2, 0.25) is 0 Å². The number of aliphatic carboxylic acids is 1. The van der Waals surface area contributed by atoms with E-state index >= 15 is 0 Å². The summed E-state index contributed by atoms with van der Waals surface area (Å²) in [7, 11) is 1.81. The molecule has 0 aliphatic heterocycles. The van der Waals surface area contributed by atoms with E-state index in [1.54, 1.807) is 33.9 Å². The standard InChI is InChI=1S/C18H21N7O3/c1-11(2)14(8-17(26)27)20-18(28)13-5-4-12(9-19-13)15-10-25(23-21-15)16-6-7-24(3)22-16/h4-7,9-11,14H,8H2,1-3H3,(H,20,28)(H,26,27). The molecule has 2 N–H and O–H groups in total. The number of aryl methyl sites for hydroxylation is 1. The smallest absolute Gasteiger partial charge is 0.305 e. The number of carboxylic acids is 1. The number of carbonyl (C=O) groups is 2. The van der Waals surface area contributed by atoms with Gasteiger partial charge < -0.3 is 10.4 Å². The average molecular weight is 383 g/mol. The highest BCUT2D eigenvalue weighted by Crippen LogP contribution is 2.17. The number of aromatic nitrogens is 6. The van der Waals surface area contributed by atoms with Gasteiger partial charge >= 0.3 is 5.97 Å². The fourth-order valence-corrected chi connectivity index (χ4v) is 2.60. The molecule has 3 heterocycles. The zero-order chi connectivity index (χ0) is 20.3. The summed E-state index contributed by atoms with van der Waals surface area (Å²) in [5, 5.41) is 24.1. The normalized spacial score (nSPS) is 12.1. The van der Waals surface area contributed by atoms with E-state index in [4.69, 9.17) is 5.11 Å². The third-order valence-electron chi connectivity index (χ3n) is 4.24. The Labute approximate surface area is 161 Å². The Morgan fingerprint density at radius 2 is 2.04 bits per heavy atom. The van der Waals surface area contributed by atoms with Gasteiger partial charge in [-0.2, -0.15) is 9.78 Å². The highest BCUT2D eigenvalue weighted by Gasteiger charge is 2.21. The number of carboxylic acid groups (broad SMARTS) is 1. The molecule has 0 aliphatic rings. The molecule has 1 amide bonds. The quantitative estimate of drug-likeness (QED) is 0.629. The van der Waals surface area contributed by atoms with Crippen LogP contribution >= 0.6 is 0 Å². The van der Waals surface area contributed by atoms with Gasteiger partial charge in [0.15, 0.2) is 5.82 Å². The van der Waals surface area contributed by atoms with E-state index in [1.165, 1.54) is 6.20 Å². The molecule has 0 fully saturated rings. The molecule has 3 aromatic rings. The third kappa shape index (κ3) is 4.40. The number of rotatable bonds is 7. The Morgan fingerprint density at radius 3 is 2.61 bits per heavy atom. The van der Waals surface area contributed by atoms with Crippen LogP contribution in [0.25, 0.3) is 17.1 Å². The minimum Gasteiger partial charge on any atom is -0.481 e. The number of pyridine rings is 1. The van der Waals surface area contributed by atoms with E-state index in [-0.39, 0.29) is 18.0 Å². The topological polar surface area (TPSA) is 128 Å². The Morgan fingerprint density at radius 1 is 1.25 bits per heavy atom. The van der Waals surface area contributed by atoms with Crippen LogP contribution in [0.5, 0.6) is 0 Å². The summed E-state index contributed by atoms with van der Waals surface area (Å²) in [6.45, 7) is 3.71. The molecule has 0 bridgehead atoms. The van der Waals surface area contributed by atoms with E-state index in [0.29, 0.717) is 17.1 Å². The molecule has 0 saturated carbocycles. The summed E-state index contributed by atoms with van der Waals surface area (Å²) in [5.41, 5.74) is 1.50. The number of amides is 1. The van der Waals surface area contributed by atoms with Gasteiger partial charge in [-0.1, -0.05) is 19.1 Å². The first-order valence-corrected chi connectivity index (χ1v) is 8.75. The van der Waals surface area contributed by atoms with Gasteiger partial charge in [0.05, 0.1) is 12.6 Å². The average Bonchev–Trinajstić information content (AvgIpc) is 3.29. The number of nitrogens with zero attached hydrogens (tertiary/aromatic N) is 6. The van der Waals surface area contributed by atoms with Gasteiger partial charge in [-0.25, -0.2) is 0 Å². The van der Waals surface area contributed by atoms with Crippen LogP contribution in [0.3, 0.4) is 0 Å². The molecule has 3 rings (SSSR count).